The summed E-state index contributed by atoms with van der Waals surface area (Å²) in [4.78, 5) is 28.5. The van der Waals surface area contributed by atoms with Gasteiger partial charge in [-0.25, -0.2) is 8.42 Å². The van der Waals surface area contributed by atoms with Gasteiger partial charge in [-0.05, 0) is 74.2 Å². The molecule has 7 nitrogen and oxygen atoms in total. The molecule has 0 bridgehead atoms. The van der Waals surface area contributed by atoms with Crippen molar-refractivity contribution >= 4 is 39.1 Å². The first-order valence-electron chi connectivity index (χ1n) is 12.9. The van der Waals surface area contributed by atoms with Crippen LogP contribution in [-0.4, -0.2) is 44.3 Å². The van der Waals surface area contributed by atoms with Crippen LogP contribution < -0.4 is 9.62 Å². The molecule has 208 valence electrons. The number of hydrogen-bond donors (Lipinski definition) is 1. The minimum absolute atomic E-state index is 0.0593. The number of nitrogens with zero attached hydrogens (tertiary/aromatic N) is 2. The second kappa shape index (κ2) is 13.1. The Kier molecular flexibility index (Phi) is 10.2. The molecular formula is C30H36ClN3O4S. The summed E-state index contributed by atoms with van der Waals surface area (Å²) >= 11 is 6.07. The smallest absolute Gasteiger partial charge is 0.264 e. The Bertz CT molecular complexity index is 1390. The third kappa shape index (κ3) is 7.83. The highest BCUT2D eigenvalue weighted by molar-refractivity contribution is 7.92. The maximum Gasteiger partial charge on any atom is 0.264 e. The van der Waals surface area contributed by atoms with E-state index in [1.807, 2.05) is 52.0 Å². The zero-order valence-electron chi connectivity index (χ0n) is 23.0. The number of rotatable bonds is 11. The van der Waals surface area contributed by atoms with Crippen molar-refractivity contribution in [3.8, 4) is 0 Å². The first-order valence-corrected chi connectivity index (χ1v) is 14.7. The van der Waals surface area contributed by atoms with Crippen LogP contribution in [0.15, 0.2) is 77.7 Å². The molecule has 0 aliphatic heterocycles. The van der Waals surface area contributed by atoms with Gasteiger partial charge in [-0.2, -0.15) is 0 Å². The number of halogens is 1. The van der Waals surface area contributed by atoms with E-state index < -0.39 is 28.5 Å². The van der Waals surface area contributed by atoms with E-state index in [9.17, 15) is 18.0 Å². The number of carbonyl (C=O) groups excluding carboxylic acids is 2. The van der Waals surface area contributed by atoms with Gasteiger partial charge in [-0.1, -0.05) is 67.4 Å². The van der Waals surface area contributed by atoms with Crippen molar-refractivity contribution in [2.45, 2.75) is 52.1 Å². The molecule has 0 heterocycles. The Balaban J connectivity index is 2.01. The van der Waals surface area contributed by atoms with E-state index in [4.69, 9.17) is 11.6 Å². The van der Waals surface area contributed by atoms with Crippen molar-refractivity contribution in [1.29, 1.82) is 0 Å². The van der Waals surface area contributed by atoms with Gasteiger partial charge in [0.25, 0.3) is 10.0 Å². The summed E-state index contributed by atoms with van der Waals surface area (Å²) in [6.45, 7) is 9.56. The van der Waals surface area contributed by atoms with Crippen molar-refractivity contribution in [3.05, 3.63) is 94.5 Å². The quantitative estimate of drug-likeness (QED) is 0.338. The predicted octanol–water partition coefficient (Wildman–Crippen LogP) is 5.34. The number of anilines is 1. The van der Waals surface area contributed by atoms with E-state index >= 15 is 0 Å². The molecule has 0 aliphatic rings. The number of aryl methyl sites for hydroxylation is 2. The maximum absolute atomic E-state index is 13.9. The second-order valence-electron chi connectivity index (χ2n) is 10.1. The molecule has 0 saturated heterocycles. The predicted molar refractivity (Wildman–Crippen MR) is 156 cm³/mol. The molecule has 0 unspecified atom stereocenters. The standard InChI is InChI=1S/C30H36ClN3O4S/c1-21(2)18-32-30(36)24(5)33(19-25-9-7-6-8-23(25)4)29(35)20-34(27-14-12-26(31)13-15-27)39(37,38)28-16-10-22(3)11-17-28/h6-17,21,24H,18-20H2,1-5H3,(H,32,36)/t24-/m1/s1. The molecule has 39 heavy (non-hydrogen) atoms. The van der Waals surface area contributed by atoms with Crippen molar-refractivity contribution < 1.29 is 18.0 Å². The largest absolute Gasteiger partial charge is 0.354 e. The average Bonchev–Trinajstić information content (AvgIpc) is 2.90. The molecule has 1 atom stereocenters. The van der Waals surface area contributed by atoms with Gasteiger partial charge < -0.3 is 10.2 Å². The Labute approximate surface area is 236 Å². The molecule has 2 amide bonds. The van der Waals surface area contributed by atoms with Crippen molar-refractivity contribution in [2.75, 3.05) is 17.4 Å². The first-order chi connectivity index (χ1) is 18.4. The number of benzene rings is 3. The van der Waals surface area contributed by atoms with Crippen LogP contribution in [0.2, 0.25) is 5.02 Å². The molecule has 0 fully saturated rings. The Morgan fingerprint density at radius 3 is 2.10 bits per heavy atom. The molecule has 0 aliphatic carbocycles. The molecule has 1 N–H and O–H groups in total. The number of hydrogen-bond acceptors (Lipinski definition) is 4. The molecule has 0 aromatic heterocycles. The van der Waals surface area contributed by atoms with E-state index in [2.05, 4.69) is 5.32 Å². The monoisotopic (exact) mass is 569 g/mol. The number of nitrogens with one attached hydrogen (secondary N) is 1. The lowest BCUT2D eigenvalue weighted by Crippen LogP contribution is -2.51. The molecular weight excluding hydrogens is 534 g/mol. The summed E-state index contributed by atoms with van der Waals surface area (Å²) in [7, 11) is -4.12. The summed E-state index contributed by atoms with van der Waals surface area (Å²) in [5.74, 6) is -0.567. The van der Waals surface area contributed by atoms with E-state index in [-0.39, 0.29) is 23.3 Å². The van der Waals surface area contributed by atoms with E-state index in [0.29, 0.717) is 17.3 Å². The lowest BCUT2D eigenvalue weighted by atomic mass is 10.1. The van der Waals surface area contributed by atoms with Crippen LogP contribution >= 0.6 is 11.6 Å². The van der Waals surface area contributed by atoms with E-state index in [0.717, 1.165) is 21.0 Å². The first kappa shape index (κ1) is 30.2. The van der Waals surface area contributed by atoms with Crippen molar-refractivity contribution in [3.63, 3.8) is 0 Å². The van der Waals surface area contributed by atoms with Crippen LogP contribution in [0.3, 0.4) is 0 Å². The second-order valence-corrected chi connectivity index (χ2v) is 12.4. The maximum atomic E-state index is 13.9. The minimum Gasteiger partial charge on any atom is -0.354 e. The number of sulfonamides is 1. The van der Waals surface area contributed by atoms with Gasteiger partial charge in [0, 0.05) is 18.1 Å². The fraction of sp³-hybridized carbons (Fsp3) is 0.333. The van der Waals surface area contributed by atoms with Gasteiger partial charge >= 0.3 is 0 Å². The summed E-state index contributed by atoms with van der Waals surface area (Å²) in [6, 6.07) is 19.5. The molecule has 0 radical (unpaired) electrons. The zero-order valence-corrected chi connectivity index (χ0v) is 24.6. The molecule has 9 heteroatoms. The molecule has 3 aromatic carbocycles. The molecule has 3 aromatic rings. The highest BCUT2D eigenvalue weighted by atomic mass is 35.5. The van der Waals surface area contributed by atoms with Crippen LogP contribution in [0.5, 0.6) is 0 Å². The van der Waals surface area contributed by atoms with Crippen LogP contribution in [-0.2, 0) is 26.2 Å². The number of amides is 2. The molecule has 0 spiro atoms. The van der Waals surface area contributed by atoms with Gasteiger partial charge in [0.1, 0.15) is 12.6 Å². The highest BCUT2D eigenvalue weighted by Gasteiger charge is 2.32. The normalized spacial score (nSPS) is 12.2. The van der Waals surface area contributed by atoms with Crippen LogP contribution in [0.1, 0.15) is 37.5 Å². The number of carbonyl (C=O) groups is 2. The van der Waals surface area contributed by atoms with Gasteiger partial charge in [-0.3, -0.25) is 13.9 Å². The lowest BCUT2D eigenvalue weighted by Gasteiger charge is -2.32. The van der Waals surface area contributed by atoms with Gasteiger partial charge in [0.05, 0.1) is 10.6 Å². The topological polar surface area (TPSA) is 86.8 Å². The third-order valence-corrected chi connectivity index (χ3v) is 8.50. The van der Waals surface area contributed by atoms with E-state index in [1.54, 1.807) is 43.3 Å². The van der Waals surface area contributed by atoms with Crippen molar-refractivity contribution in [2.24, 2.45) is 5.92 Å². The zero-order chi connectivity index (χ0) is 28.7. The van der Waals surface area contributed by atoms with Crippen LogP contribution in [0.4, 0.5) is 5.69 Å². The van der Waals surface area contributed by atoms with Crippen LogP contribution in [0, 0.1) is 19.8 Å². The Morgan fingerprint density at radius 2 is 1.51 bits per heavy atom. The van der Waals surface area contributed by atoms with Crippen LogP contribution in [0.25, 0.3) is 0 Å². The summed E-state index contributed by atoms with van der Waals surface area (Å²) in [6.07, 6.45) is 0. The van der Waals surface area contributed by atoms with Gasteiger partial charge in [0.2, 0.25) is 11.8 Å². The lowest BCUT2D eigenvalue weighted by molar-refractivity contribution is -0.139. The Hall–Kier alpha value is -3.36. The SMILES string of the molecule is Cc1ccc(S(=O)(=O)N(CC(=O)N(Cc2ccccc2C)[C@H](C)C(=O)NCC(C)C)c2ccc(Cl)cc2)cc1. The molecule has 3 rings (SSSR count). The average molecular weight is 570 g/mol. The summed E-state index contributed by atoms with van der Waals surface area (Å²) < 4.78 is 28.7. The highest BCUT2D eigenvalue weighted by Crippen LogP contribution is 2.26. The molecule has 0 saturated carbocycles. The minimum atomic E-state index is -4.12. The van der Waals surface area contributed by atoms with E-state index in [1.165, 1.54) is 17.0 Å². The third-order valence-electron chi connectivity index (χ3n) is 6.46. The summed E-state index contributed by atoms with van der Waals surface area (Å²) in [5, 5.41) is 3.33. The van der Waals surface area contributed by atoms with Gasteiger partial charge in [-0.15, -0.1) is 0 Å². The fourth-order valence-corrected chi connectivity index (χ4v) is 5.52. The summed E-state index contributed by atoms with van der Waals surface area (Å²) in [5.41, 5.74) is 3.04. The Morgan fingerprint density at radius 1 is 0.897 bits per heavy atom. The van der Waals surface area contributed by atoms with Gasteiger partial charge in [0.15, 0.2) is 0 Å². The van der Waals surface area contributed by atoms with Crippen molar-refractivity contribution in [1.82, 2.24) is 10.2 Å². The fourth-order valence-electron chi connectivity index (χ4n) is 3.98.